The Labute approximate surface area is 197 Å². The first-order valence-electron chi connectivity index (χ1n) is 11.0. The number of benzene rings is 1. The Hall–Kier alpha value is -3.66. The second kappa shape index (κ2) is 12.0. The van der Waals surface area contributed by atoms with E-state index in [4.69, 9.17) is 9.47 Å². The van der Waals surface area contributed by atoms with Crippen molar-refractivity contribution in [3.05, 3.63) is 76.4 Å². The van der Waals surface area contributed by atoms with Crippen molar-refractivity contribution < 1.29 is 23.5 Å². The van der Waals surface area contributed by atoms with Gasteiger partial charge in [0.1, 0.15) is 24.1 Å². The summed E-state index contributed by atoms with van der Waals surface area (Å²) >= 11 is 0. The predicted molar refractivity (Wildman–Crippen MR) is 121 cm³/mol. The summed E-state index contributed by atoms with van der Waals surface area (Å²) in [6.45, 7) is 4.61. The van der Waals surface area contributed by atoms with Gasteiger partial charge in [-0.2, -0.15) is 0 Å². The Balaban J connectivity index is 1.73. The number of nitrogens with zero attached hydrogens (tertiary/aromatic N) is 4. The van der Waals surface area contributed by atoms with Gasteiger partial charge in [-0.25, -0.2) is 9.18 Å². The molecule has 0 saturated heterocycles. The number of carbonyl (C=O) groups excluding carboxylic acids is 2. The number of rotatable bonds is 11. The van der Waals surface area contributed by atoms with Gasteiger partial charge in [-0.05, 0) is 36.2 Å². The Kier molecular flexibility index (Phi) is 8.80. The summed E-state index contributed by atoms with van der Waals surface area (Å²) in [6, 6.07) is 9.52. The van der Waals surface area contributed by atoms with E-state index in [2.05, 4.69) is 27.4 Å². The zero-order chi connectivity index (χ0) is 24.5. The van der Waals surface area contributed by atoms with E-state index < -0.39 is 11.9 Å². The van der Waals surface area contributed by atoms with Crippen LogP contribution in [0.4, 0.5) is 4.39 Å². The summed E-state index contributed by atoms with van der Waals surface area (Å²) in [7, 11) is 1.30. The van der Waals surface area contributed by atoms with Crippen LogP contribution in [0.15, 0.2) is 36.4 Å². The van der Waals surface area contributed by atoms with Crippen molar-refractivity contribution in [3.63, 3.8) is 0 Å². The summed E-state index contributed by atoms with van der Waals surface area (Å²) in [5.74, 6) is 0.373. The highest BCUT2D eigenvalue weighted by Crippen LogP contribution is 2.13. The first-order chi connectivity index (χ1) is 16.4. The third-order valence-corrected chi connectivity index (χ3v) is 5.00. The van der Waals surface area contributed by atoms with Gasteiger partial charge in [-0.1, -0.05) is 19.1 Å². The number of ether oxygens (including phenoxy) is 2. The van der Waals surface area contributed by atoms with Crippen molar-refractivity contribution >= 4 is 11.9 Å². The van der Waals surface area contributed by atoms with Crippen LogP contribution in [0.2, 0.25) is 0 Å². The van der Waals surface area contributed by atoms with Crippen LogP contribution in [0, 0.1) is 5.82 Å². The molecule has 0 aliphatic heterocycles. The molecule has 0 amide bonds. The van der Waals surface area contributed by atoms with Gasteiger partial charge < -0.3 is 19.4 Å². The van der Waals surface area contributed by atoms with E-state index in [1.807, 2.05) is 4.57 Å². The first-order valence-corrected chi connectivity index (χ1v) is 11.0. The van der Waals surface area contributed by atoms with E-state index in [-0.39, 0.29) is 12.4 Å². The fourth-order valence-corrected chi connectivity index (χ4v) is 3.39. The maximum absolute atomic E-state index is 13.3. The van der Waals surface area contributed by atoms with Gasteiger partial charge >= 0.3 is 11.9 Å². The molecule has 0 atom stereocenters. The van der Waals surface area contributed by atoms with E-state index in [0.717, 1.165) is 30.1 Å². The smallest absolute Gasteiger partial charge is 0.337 e. The molecule has 34 heavy (non-hydrogen) atoms. The standard InChI is InChI=1S/C24H28FN5O4/c1-4-5-22-28-29-23(30(22)14-17-6-8-19(25)9-7-17)13-26-12-20-10-18(24(32)33-3)11-21(27-20)15-34-16(2)31/h6-11,26H,4-5,12-15H2,1-3H3. The third-order valence-electron chi connectivity index (χ3n) is 5.00. The average Bonchev–Trinajstić information content (AvgIpc) is 3.19. The monoisotopic (exact) mass is 469 g/mol. The molecular formula is C24H28FN5O4. The van der Waals surface area contributed by atoms with E-state index >= 15 is 0 Å². The number of methoxy groups -OCH3 is 1. The molecule has 2 heterocycles. The van der Waals surface area contributed by atoms with Gasteiger partial charge in [0.25, 0.3) is 0 Å². The first kappa shape index (κ1) is 25.0. The number of aromatic nitrogens is 4. The number of nitrogens with one attached hydrogen (secondary N) is 1. The van der Waals surface area contributed by atoms with Gasteiger partial charge in [0, 0.05) is 19.9 Å². The van der Waals surface area contributed by atoms with Crippen LogP contribution < -0.4 is 5.32 Å². The number of hydrogen-bond donors (Lipinski definition) is 1. The molecule has 0 spiro atoms. The number of pyridine rings is 1. The molecule has 0 fully saturated rings. The number of hydrogen-bond acceptors (Lipinski definition) is 8. The lowest BCUT2D eigenvalue weighted by Gasteiger charge is -2.12. The van der Waals surface area contributed by atoms with Crippen molar-refractivity contribution in [2.45, 2.75) is 52.9 Å². The lowest BCUT2D eigenvalue weighted by molar-refractivity contribution is -0.142. The molecule has 0 bridgehead atoms. The molecule has 180 valence electrons. The lowest BCUT2D eigenvalue weighted by Crippen LogP contribution is -2.19. The summed E-state index contributed by atoms with van der Waals surface area (Å²) in [6.07, 6.45) is 1.70. The summed E-state index contributed by atoms with van der Waals surface area (Å²) in [5.41, 5.74) is 2.30. The number of esters is 2. The fourth-order valence-electron chi connectivity index (χ4n) is 3.39. The molecule has 0 aliphatic rings. The molecule has 10 heteroatoms. The van der Waals surface area contributed by atoms with Crippen molar-refractivity contribution in [2.75, 3.05) is 7.11 Å². The number of aryl methyl sites for hydroxylation is 1. The van der Waals surface area contributed by atoms with E-state index in [0.29, 0.717) is 36.6 Å². The molecule has 0 saturated carbocycles. The second-order valence-corrected chi connectivity index (χ2v) is 7.71. The minimum absolute atomic E-state index is 0.0421. The minimum Gasteiger partial charge on any atom is -0.465 e. The molecule has 0 radical (unpaired) electrons. The molecule has 2 aromatic heterocycles. The quantitative estimate of drug-likeness (QED) is 0.427. The van der Waals surface area contributed by atoms with E-state index in [9.17, 15) is 14.0 Å². The molecular weight excluding hydrogens is 441 g/mol. The zero-order valence-corrected chi connectivity index (χ0v) is 19.5. The van der Waals surface area contributed by atoms with Crippen LogP contribution in [-0.4, -0.2) is 38.8 Å². The summed E-state index contributed by atoms with van der Waals surface area (Å²) in [4.78, 5) is 27.6. The molecule has 9 nitrogen and oxygen atoms in total. The van der Waals surface area contributed by atoms with Crippen LogP contribution in [-0.2, 0) is 46.9 Å². The van der Waals surface area contributed by atoms with Crippen molar-refractivity contribution in [3.8, 4) is 0 Å². The molecule has 1 N–H and O–H groups in total. The molecule has 1 aromatic carbocycles. The van der Waals surface area contributed by atoms with Gasteiger partial charge in [0.2, 0.25) is 0 Å². The zero-order valence-electron chi connectivity index (χ0n) is 19.5. The highest BCUT2D eigenvalue weighted by Gasteiger charge is 2.14. The molecule has 3 aromatic rings. The Morgan fingerprint density at radius 3 is 2.44 bits per heavy atom. The lowest BCUT2D eigenvalue weighted by atomic mass is 10.2. The Bertz CT molecular complexity index is 1130. The van der Waals surface area contributed by atoms with Crippen LogP contribution in [0.3, 0.4) is 0 Å². The van der Waals surface area contributed by atoms with Crippen LogP contribution in [0.1, 0.15) is 59.2 Å². The highest BCUT2D eigenvalue weighted by atomic mass is 19.1. The van der Waals surface area contributed by atoms with Gasteiger partial charge in [0.15, 0.2) is 0 Å². The maximum atomic E-state index is 13.3. The van der Waals surface area contributed by atoms with Crippen molar-refractivity contribution in [2.24, 2.45) is 0 Å². The third kappa shape index (κ3) is 6.92. The number of halogens is 1. The fraction of sp³-hybridized carbons (Fsp3) is 0.375. The van der Waals surface area contributed by atoms with Crippen LogP contribution in [0.25, 0.3) is 0 Å². The SMILES string of the molecule is CCCc1nnc(CNCc2cc(C(=O)OC)cc(COC(C)=O)n2)n1Cc1ccc(F)cc1. The second-order valence-electron chi connectivity index (χ2n) is 7.71. The summed E-state index contributed by atoms with van der Waals surface area (Å²) < 4.78 is 25.1. The topological polar surface area (TPSA) is 108 Å². The van der Waals surface area contributed by atoms with Gasteiger partial charge in [-0.3, -0.25) is 9.78 Å². The van der Waals surface area contributed by atoms with Gasteiger partial charge in [0.05, 0.1) is 37.2 Å². The van der Waals surface area contributed by atoms with E-state index in [1.165, 1.54) is 32.2 Å². The minimum atomic E-state index is -0.504. The molecule has 0 aliphatic carbocycles. The average molecular weight is 470 g/mol. The highest BCUT2D eigenvalue weighted by molar-refractivity contribution is 5.89. The van der Waals surface area contributed by atoms with E-state index in [1.54, 1.807) is 18.2 Å². The Morgan fingerprint density at radius 1 is 1.06 bits per heavy atom. The van der Waals surface area contributed by atoms with Crippen LogP contribution in [0.5, 0.6) is 0 Å². The Morgan fingerprint density at radius 2 is 1.76 bits per heavy atom. The maximum Gasteiger partial charge on any atom is 0.337 e. The predicted octanol–water partition coefficient (Wildman–Crippen LogP) is 2.95. The summed E-state index contributed by atoms with van der Waals surface area (Å²) in [5, 5.41) is 11.9. The number of carbonyl (C=O) groups is 2. The van der Waals surface area contributed by atoms with Gasteiger partial charge in [-0.15, -0.1) is 10.2 Å². The van der Waals surface area contributed by atoms with Crippen molar-refractivity contribution in [1.29, 1.82) is 0 Å². The largest absolute Gasteiger partial charge is 0.465 e. The molecule has 0 unspecified atom stereocenters. The van der Waals surface area contributed by atoms with Crippen molar-refractivity contribution in [1.82, 2.24) is 25.1 Å². The van der Waals surface area contributed by atoms with Crippen LogP contribution >= 0.6 is 0 Å². The normalized spacial score (nSPS) is 10.8. The molecule has 3 rings (SSSR count).